The fraction of sp³-hybridized carbons (Fsp3) is 0.941. The topological polar surface area (TPSA) is 55.1 Å². The van der Waals surface area contributed by atoms with Crippen LogP contribution in [0, 0.1) is 17.3 Å². The summed E-state index contributed by atoms with van der Waals surface area (Å²) in [5.74, 6) is 1.48. The van der Waals surface area contributed by atoms with Crippen LogP contribution in [0.2, 0.25) is 0 Å². The molecule has 0 spiro atoms. The van der Waals surface area contributed by atoms with Crippen LogP contribution >= 0.6 is 0 Å². The van der Waals surface area contributed by atoms with Crippen molar-refractivity contribution in [3.05, 3.63) is 0 Å². The maximum Gasteiger partial charge on any atom is 0.220 e. The Morgan fingerprint density at radius 1 is 1.20 bits per heavy atom. The van der Waals surface area contributed by atoms with Crippen LogP contribution in [-0.2, 0) is 4.79 Å². The average Bonchev–Trinajstić information content (AvgIpc) is 2.41. The quantitative estimate of drug-likeness (QED) is 0.751. The second-order valence-electron chi connectivity index (χ2n) is 7.49. The lowest BCUT2D eigenvalue weighted by Gasteiger charge is -2.30. The minimum atomic E-state index is 0.224. The van der Waals surface area contributed by atoms with Crippen molar-refractivity contribution >= 4 is 5.91 Å². The molecular formula is C17H34N2O. The van der Waals surface area contributed by atoms with E-state index in [1.54, 1.807) is 0 Å². The summed E-state index contributed by atoms with van der Waals surface area (Å²) in [6.07, 6.45) is 9.24. The third kappa shape index (κ3) is 6.74. The molecule has 3 N–H and O–H groups in total. The Bertz CT molecular complexity index is 277. The van der Waals surface area contributed by atoms with Gasteiger partial charge in [0.05, 0.1) is 0 Å². The van der Waals surface area contributed by atoms with Gasteiger partial charge in [0, 0.05) is 13.0 Å². The minimum absolute atomic E-state index is 0.224. The maximum absolute atomic E-state index is 12.0. The molecule has 1 amide bonds. The van der Waals surface area contributed by atoms with Gasteiger partial charge < -0.3 is 11.1 Å². The first-order chi connectivity index (χ1) is 9.43. The van der Waals surface area contributed by atoms with Gasteiger partial charge in [-0.05, 0) is 49.5 Å². The molecule has 0 saturated heterocycles. The number of hydrogen-bond donors (Lipinski definition) is 2. The van der Waals surface area contributed by atoms with Crippen LogP contribution < -0.4 is 11.1 Å². The van der Waals surface area contributed by atoms with Gasteiger partial charge in [-0.15, -0.1) is 0 Å². The van der Waals surface area contributed by atoms with Gasteiger partial charge in [0.2, 0.25) is 5.91 Å². The zero-order valence-corrected chi connectivity index (χ0v) is 13.7. The first-order valence-electron chi connectivity index (χ1n) is 8.40. The van der Waals surface area contributed by atoms with E-state index in [4.69, 9.17) is 5.73 Å². The molecule has 1 saturated carbocycles. The van der Waals surface area contributed by atoms with Crippen molar-refractivity contribution < 1.29 is 4.79 Å². The Labute approximate surface area is 125 Å². The molecular weight excluding hydrogens is 248 g/mol. The standard InChI is InChI=1S/C17H34N2O/c1-17(2,3)15(11-12-18)9-10-16(20)19-13-14-7-5-4-6-8-14/h14-15H,4-13,18H2,1-3H3,(H,19,20). The summed E-state index contributed by atoms with van der Waals surface area (Å²) < 4.78 is 0. The molecule has 1 rings (SSSR count). The molecule has 1 aliphatic carbocycles. The van der Waals surface area contributed by atoms with E-state index in [-0.39, 0.29) is 11.3 Å². The SMILES string of the molecule is CC(C)(C)C(CCN)CCC(=O)NCC1CCCCC1. The van der Waals surface area contributed by atoms with E-state index in [0.29, 0.717) is 18.9 Å². The highest BCUT2D eigenvalue weighted by atomic mass is 16.1. The fourth-order valence-electron chi connectivity index (χ4n) is 3.25. The second-order valence-corrected chi connectivity index (χ2v) is 7.49. The second kappa shape index (κ2) is 8.66. The van der Waals surface area contributed by atoms with Gasteiger partial charge in [-0.1, -0.05) is 40.0 Å². The number of nitrogens with two attached hydrogens (primary N) is 1. The Balaban J connectivity index is 2.23. The monoisotopic (exact) mass is 282 g/mol. The van der Waals surface area contributed by atoms with E-state index < -0.39 is 0 Å². The first-order valence-corrected chi connectivity index (χ1v) is 8.40. The molecule has 1 unspecified atom stereocenters. The van der Waals surface area contributed by atoms with Crippen molar-refractivity contribution in [2.45, 2.75) is 72.1 Å². The predicted octanol–water partition coefficient (Wildman–Crippen LogP) is 3.47. The molecule has 0 aromatic rings. The summed E-state index contributed by atoms with van der Waals surface area (Å²) in [5, 5.41) is 3.13. The molecule has 1 fully saturated rings. The lowest BCUT2D eigenvalue weighted by molar-refractivity contribution is -0.121. The Morgan fingerprint density at radius 2 is 1.85 bits per heavy atom. The normalized spacial score (nSPS) is 18.8. The number of nitrogens with one attached hydrogen (secondary N) is 1. The van der Waals surface area contributed by atoms with E-state index in [1.807, 2.05) is 0 Å². The molecule has 0 aromatic heterocycles. The van der Waals surface area contributed by atoms with Crippen LogP contribution in [0.3, 0.4) is 0 Å². The van der Waals surface area contributed by atoms with Gasteiger partial charge in [-0.2, -0.15) is 0 Å². The molecule has 0 aromatic carbocycles. The van der Waals surface area contributed by atoms with Gasteiger partial charge in [-0.25, -0.2) is 0 Å². The molecule has 3 nitrogen and oxygen atoms in total. The predicted molar refractivity (Wildman–Crippen MR) is 85.4 cm³/mol. The Hall–Kier alpha value is -0.570. The van der Waals surface area contributed by atoms with Crippen LogP contribution in [0.1, 0.15) is 72.1 Å². The van der Waals surface area contributed by atoms with Crippen molar-refractivity contribution in [1.29, 1.82) is 0 Å². The number of amides is 1. The van der Waals surface area contributed by atoms with Crippen molar-refractivity contribution in [2.75, 3.05) is 13.1 Å². The van der Waals surface area contributed by atoms with Crippen LogP contribution in [0.25, 0.3) is 0 Å². The summed E-state index contributed by atoms with van der Waals surface area (Å²) in [6, 6.07) is 0. The zero-order chi connectivity index (χ0) is 15.0. The summed E-state index contributed by atoms with van der Waals surface area (Å²) in [6.45, 7) is 8.33. The van der Waals surface area contributed by atoms with Gasteiger partial charge in [-0.3, -0.25) is 4.79 Å². The van der Waals surface area contributed by atoms with Gasteiger partial charge >= 0.3 is 0 Å². The fourth-order valence-corrected chi connectivity index (χ4v) is 3.25. The molecule has 0 aliphatic heterocycles. The van der Waals surface area contributed by atoms with Crippen molar-refractivity contribution in [1.82, 2.24) is 5.32 Å². The number of hydrogen-bond acceptors (Lipinski definition) is 2. The smallest absolute Gasteiger partial charge is 0.220 e. The van der Waals surface area contributed by atoms with Crippen LogP contribution in [0.15, 0.2) is 0 Å². The molecule has 20 heavy (non-hydrogen) atoms. The van der Waals surface area contributed by atoms with E-state index in [0.717, 1.165) is 25.3 Å². The van der Waals surface area contributed by atoms with Crippen molar-refractivity contribution in [3.63, 3.8) is 0 Å². The van der Waals surface area contributed by atoms with E-state index in [1.165, 1.54) is 32.1 Å². The first kappa shape index (κ1) is 17.5. The number of carbonyl (C=O) groups is 1. The highest BCUT2D eigenvalue weighted by Gasteiger charge is 2.24. The van der Waals surface area contributed by atoms with Gasteiger partial charge in [0.1, 0.15) is 0 Å². The maximum atomic E-state index is 12.0. The lowest BCUT2D eigenvalue weighted by Crippen LogP contribution is -2.31. The van der Waals surface area contributed by atoms with E-state index >= 15 is 0 Å². The van der Waals surface area contributed by atoms with E-state index in [2.05, 4.69) is 26.1 Å². The molecule has 0 radical (unpaired) electrons. The molecule has 0 heterocycles. The molecule has 1 atom stereocenters. The largest absolute Gasteiger partial charge is 0.356 e. The van der Waals surface area contributed by atoms with Crippen LogP contribution in [0.5, 0.6) is 0 Å². The van der Waals surface area contributed by atoms with Gasteiger partial charge in [0.25, 0.3) is 0 Å². The highest BCUT2D eigenvalue weighted by Crippen LogP contribution is 2.32. The lowest BCUT2D eigenvalue weighted by atomic mass is 9.76. The third-order valence-electron chi connectivity index (χ3n) is 4.77. The van der Waals surface area contributed by atoms with Crippen LogP contribution in [0.4, 0.5) is 0 Å². The summed E-state index contributed by atoms with van der Waals surface area (Å²) >= 11 is 0. The average molecular weight is 282 g/mol. The summed E-state index contributed by atoms with van der Waals surface area (Å²) in [5.41, 5.74) is 5.93. The summed E-state index contributed by atoms with van der Waals surface area (Å²) in [4.78, 5) is 12.0. The zero-order valence-electron chi connectivity index (χ0n) is 13.7. The van der Waals surface area contributed by atoms with Crippen molar-refractivity contribution in [3.8, 4) is 0 Å². The third-order valence-corrected chi connectivity index (χ3v) is 4.77. The molecule has 1 aliphatic rings. The Morgan fingerprint density at radius 3 is 2.40 bits per heavy atom. The van der Waals surface area contributed by atoms with Gasteiger partial charge in [0.15, 0.2) is 0 Å². The number of rotatable bonds is 7. The van der Waals surface area contributed by atoms with Crippen molar-refractivity contribution in [2.24, 2.45) is 23.0 Å². The summed E-state index contributed by atoms with van der Waals surface area (Å²) in [7, 11) is 0. The Kier molecular flexibility index (Phi) is 7.57. The number of carbonyl (C=O) groups excluding carboxylic acids is 1. The van der Waals surface area contributed by atoms with Crippen LogP contribution in [-0.4, -0.2) is 19.0 Å². The molecule has 3 heteroatoms. The molecule has 0 bridgehead atoms. The molecule has 118 valence electrons. The highest BCUT2D eigenvalue weighted by molar-refractivity contribution is 5.75. The van der Waals surface area contributed by atoms with E-state index in [9.17, 15) is 4.79 Å². The minimum Gasteiger partial charge on any atom is -0.356 e.